The molecule has 1 N–H and O–H groups in total. The second kappa shape index (κ2) is 6.58. The molecule has 2 heteroatoms. The number of ether oxygens (including phenoxy) is 1. The number of hydrogen-bond acceptors (Lipinski definition) is 2. The van der Waals surface area contributed by atoms with Crippen LogP contribution < -0.4 is 10.1 Å². The van der Waals surface area contributed by atoms with Gasteiger partial charge in [-0.1, -0.05) is 42.5 Å². The van der Waals surface area contributed by atoms with Crippen molar-refractivity contribution in [1.82, 2.24) is 5.32 Å². The Morgan fingerprint density at radius 1 is 0.900 bits per heavy atom. The van der Waals surface area contributed by atoms with E-state index >= 15 is 0 Å². The molecule has 0 aliphatic rings. The van der Waals surface area contributed by atoms with Crippen molar-refractivity contribution in [2.75, 3.05) is 13.7 Å². The minimum absolute atomic E-state index is 0.204. The van der Waals surface area contributed by atoms with Gasteiger partial charge in [-0.05, 0) is 50.1 Å². The molecule has 0 aliphatic carbocycles. The zero-order valence-corrected chi connectivity index (χ0v) is 12.7. The fourth-order valence-corrected chi connectivity index (χ4v) is 2.50. The molecular weight excluding hydrogens is 246 g/mol. The summed E-state index contributed by atoms with van der Waals surface area (Å²) in [6, 6.07) is 14.9. The van der Waals surface area contributed by atoms with Crippen LogP contribution in [0.15, 0.2) is 42.5 Å². The highest BCUT2D eigenvalue weighted by molar-refractivity contribution is 5.40. The van der Waals surface area contributed by atoms with Gasteiger partial charge < -0.3 is 10.1 Å². The van der Waals surface area contributed by atoms with Gasteiger partial charge >= 0.3 is 0 Å². The largest absolute Gasteiger partial charge is 0.491 e. The Labute approximate surface area is 121 Å². The van der Waals surface area contributed by atoms with Crippen LogP contribution in [-0.4, -0.2) is 13.7 Å². The highest BCUT2D eigenvalue weighted by atomic mass is 16.5. The first kappa shape index (κ1) is 14.6. The van der Waals surface area contributed by atoms with Crippen LogP contribution in [0, 0.1) is 20.8 Å². The fraction of sp³-hybridized carbons (Fsp3) is 0.333. The van der Waals surface area contributed by atoms with Gasteiger partial charge in [0.2, 0.25) is 0 Å². The van der Waals surface area contributed by atoms with Crippen LogP contribution in [0.5, 0.6) is 5.75 Å². The molecule has 0 aromatic heterocycles. The van der Waals surface area contributed by atoms with E-state index in [0.717, 1.165) is 5.75 Å². The molecule has 0 bridgehead atoms. The third-order valence-electron chi connectivity index (χ3n) is 3.72. The van der Waals surface area contributed by atoms with E-state index in [0.29, 0.717) is 6.61 Å². The summed E-state index contributed by atoms with van der Waals surface area (Å²) >= 11 is 0. The topological polar surface area (TPSA) is 21.3 Å². The van der Waals surface area contributed by atoms with Crippen LogP contribution >= 0.6 is 0 Å². The average Bonchev–Trinajstić information content (AvgIpc) is 2.44. The first-order valence-corrected chi connectivity index (χ1v) is 7.05. The lowest BCUT2D eigenvalue weighted by molar-refractivity contribution is 0.269. The molecule has 2 rings (SSSR count). The molecule has 1 atom stereocenters. The first-order chi connectivity index (χ1) is 9.63. The van der Waals surface area contributed by atoms with Crippen LogP contribution in [0.25, 0.3) is 0 Å². The maximum atomic E-state index is 6.07. The van der Waals surface area contributed by atoms with E-state index in [4.69, 9.17) is 4.74 Å². The number of hydrogen-bond donors (Lipinski definition) is 1. The number of nitrogens with one attached hydrogen (secondary N) is 1. The van der Waals surface area contributed by atoms with Gasteiger partial charge in [0.1, 0.15) is 12.4 Å². The molecule has 0 spiro atoms. The summed E-state index contributed by atoms with van der Waals surface area (Å²) in [5.74, 6) is 1.00. The van der Waals surface area contributed by atoms with Gasteiger partial charge in [0, 0.05) is 0 Å². The minimum Gasteiger partial charge on any atom is -0.491 e. The van der Waals surface area contributed by atoms with E-state index in [-0.39, 0.29) is 6.04 Å². The number of benzene rings is 2. The highest BCUT2D eigenvalue weighted by Crippen LogP contribution is 2.24. The van der Waals surface area contributed by atoms with Crippen molar-refractivity contribution in [3.8, 4) is 5.75 Å². The van der Waals surface area contributed by atoms with Crippen LogP contribution in [0.4, 0.5) is 0 Å². The van der Waals surface area contributed by atoms with Gasteiger partial charge in [-0.15, -0.1) is 0 Å². The SMILES string of the molecule is CNC(COc1c(C)cccc1C)c1ccccc1C. The molecular formula is C18H23NO. The fourth-order valence-electron chi connectivity index (χ4n) is 2.50. The van der Waals surface area contributed by atoms with Gasteiger partial charge in [0.05, 0.1) is 6.04 Å². The summed E-state index contributed by atoms with van der Waals surface area (Å²) in [4.78, 5) is 0. The third kappa shape index (κ3) is 3.20. The monoisotopic (exact) mass is 269 g/mol. The molecule has 1 unspecified atom stereocenters. The Morgan fingerprint density at radius 3 is 2.10 bits per heavy atom. The van der Waals surface area contributed by atoms with E-state index in [9.17, 15) is 0 Å². The molecule has 0 fully saturated rings. The molecule has 2 aromatic carbocycles. The zero-order chi connectivity index (χ0) is 14.5. The number of aryl methyl sites for hydroxylation is 3. The van der Waals surface area contributed by atoms with Gasteiger partial charge in [0.25, 0.3) is 0 Å². The quantitative estimate of drug-likeness (QED) is 0.887. The van der Waals surface area contributed by atoms with E-state index < -0.39 is 0 Å². The van der Waals surface area contributed by atoms with Crippen molar-refractivity contribution in [2.24, 2.45) is 0 Å². The molecule has 0 saturated carbocycles. The zero-order valence-electron chi connectivity index (χ0n) is 12.7. The van der Waals surface area contributed by atoms with Gasteiger partial charge in [-0.3, -0.25) is 0 Å². The normalized spacial score (nSPS) is 12.2. The first-order valence-electron chi connectivity index (χ1n) is 7.05. The summed E-state index contributed by atoms with van der Waals surface area (Å²) in [7, 11) is 1.98. The maximum absolute atomic E-state index is 6.07. The van der Waals surface area contributed by atoms with E-state index in [1.54, 1.807) is 0 Å². The van der Waals surface area contributed by atoms with Crippen molar-refractivity contribution < 1.29 is 4.74 Å². The lowest BCUT2D eigenvalue weighted by atomic mass is 10.0. The molecule has 2 nitrogen and oxygen atoms in total. The Bertz CT molecular complexity index is 557. The van der Waals surface area contributed by atoms with Crippen LogP contribution in [0.3, 0.4) is 0 Å². The lowest BCUT2D eigenvalue weighted by Gasteiger charge is -2.21. The van der Waals surface area contributed by atoms with Gasteiger partial charge in [-0.2, -0.15) is 0 Å². The molecule has 20 heavy (non-hydrogen) atoms. The Hall–Kier alpha value is -1.80. The Kier molecular flexibility index (Phi) is 4.80. The van der Waals surface area contributed by atoms with Crippen molar-refractivity contribution in [1.29, 1.82) is 0 Å². The predicted molar refractivity (Wildman–Crippen MR) is 84.4 cm³/mol. The summed E-state index contributed by atoms with van der Waals surface area (Å²) < 4.78 is 6.07. The average molecular weight is 269 g/mol. The molecule has 0 heterocycles. The molecule has 106 valence electrons. The lowest BCUT2D eigenvalue weighted by Crippen LogP contribution is -2.24. The van der Waals surface area contributed by atoms with Crippen molar-refractivity contribution in [3.63, 3.8) is 0 Å². The number of rotatable bonds is 5. The predicted octanol–water partition coefficient (Wildman–Crippen LogP) is 3.95. The molecule has 2 aromatic rings. The van der Waals surface area contributed by atoms with E-state index in [1.807, 2.05) is 7.05 Å². The summed E-state index contributed by atoms with van der Waals surface area (Å²) in [5, 5.41) is 3.34. The summed E-state index contributed by atoms with van der Waals surface area (Å²) in [5.41, 5.74) is 4.95. The van der Waals surface area contributed by atoms with Crippen molar-refractivity contribution in [3.05, 3.63) is 64.7 Å². The van der Waals surface area contributed by atoms with Crippen LogP contribution in [-0.2, 0) is 0 Å². The van der Waals surface area contributed by atoms with Gasteiger partial charge in [-0.25, -0.2) is 0 Å². The van der Waals surface area contributed by atoms with Crippen molar-refractivity contribution in [2.45, 2.75) is 26.8 Å². The van der Waals surface area contributed by atoms with Gasteiger partial charge in [0.15, 0.2) is 0 Å². The van der Waals surface area contributed by atoms with Crippen molar-refractivity contribution >= 4 is 0 Å². The number of para-hydroxylation sites is 1. The molecule has 0 aliphatic heterocycles. The third-order valence-corrected chi connectivity index (χ3v) is 3.72. The maximum Gasteiger partial charge on any atom is 0.125 e. The van der Waals surface area contributed by atoms with E-state index in [1.165, 1.54) is 22.3 Å². The smallest absolute Gasteiger partial charge is 0.125 e. The second-order valence-corrected chi connectivity index (χ2v) is 5.23. The van der Waals surface area contributed by atoms with Crippen LogP contribution in [0.1, 0.15) is 28.3 Å². The minimum atomic E-state index is 0.204. The van der Waals surface area contributed by atoms with Crippen LogP contribution in [0.2, 0.25) is 0 Å². The standard InChI is InChI=1S/C18H23NO/c1-13-8-5-6-11-16(13)17(19-4)12-20-18-14(2)9-7-10-15(18)3/h5-11,17,19H,12H2,1-4H3. The Balaban J connectivity index is 2.14. The summed E-state index contributed by atoms with van der Waals surface area (Å²) in [6.45, 7) is 6.95. The summed E-state index contributed by atoms with van der Waals surface area (Å²) in [6.07, 6.45) is 0. The Morgan fingerprint density at radius 2 is 1.50 bits per heavy atom. The highest BCUT2D eigenvalue weighted by Gasteiger charge is 2.13. The molecule has 0 radical (unpaired) electrons. The second-order valence-electron chi connectivity index (χ2n) is 5.23. The molecule has 0 saturated heterocycles. The van der Waals surface area contributed by atoms with E-state index in [2.05, 4.69) is 68.6 Å². The number of likely N-dealkylation sites (N-methyl/N-ethyl adjacent to an activating group) is 1. The molecule has 0 amide bonds.